The summed E-state index contributed by atoms with van der Waals surface area (Å²) in [7, 11) is 3.40. The number of nitrogens with zero attached hydrogens (tertiary/aromatic N) is 2. The number of nitrogens with one attached hydrogen (secondary N) is 2. The number of methoxy groups -OCH3 is 1. The standard InChI is InChI=1S/C18H20N4O.HI/c1-20-18(21-12-15-9-7-14(11-19)8-10-15)22-13-16-5-3-4-6-17(16)23-2;/h3-10H,12-13H2,1-2H3,(H2,20,21,22);1H. The molecule has 0 aliphatic carbocycles. The molecular weight excluding hydrogens is 415 g/mol. The zero-order valence-corrected chi connectivity index (χ0v) is 16.1. The average Bonchev–Trinajstić information content (AvgIpc) is 2.62. The van der Waals surface area contributed by atoms with Crippen molar-refractivity contribution in [3.05, 3.63) is 65.2 Å². The molecule has 2 N–H and O–H groups in total. The molecule has 0 heterocycles. The molecule has 24 heavy (non-hydrogen) atoms. The van der Waals surface area contributed by atoms with Crippen LogP contribution in [0.4, 0.5) is 0 Å². The lowest BCUT2D eigenvalue weighted by atomic mass is 10.1. The highest BCUT2D eigenvalue weighted by molar-refractivity contribution is 14.0. The van der Waals surface area contributed by atoms with E-state index in [2.05, 4.69) is 21.7 Å². The van der Waals surface area contributed by atoms with Crippen LogP contribution in [0.3, 0.4) is 0 Å². The van der Waals surface area contributed by atoms with Crippen LogP contribution in [-0.4, -0.2) is 20.1 Å². The monoisotopic (exact) mass is 436 g/mol. The van der Waals surface area contributed by atoms with Crippen molar-refractivity contribution >= 4 is 29.9 Å². The summed E-state index contributed by atoms with van der Waals surface area (Å²) in [6, 6.07) is 17.5. The Hall–Kier alpha value is -2.27. The molecule has 0 aromatic heterocycles. The van der Waals surface area contributed by atoms with Gasteiger partial charge in [-0.1, -0.05) is 30.3 Å². The van der Waals surface area contributed by atoms with Crippen molar-refractivity contribution < 1.29 is 4.74 Å². The number of nitriles is 1. The first kappa shape index (κ1) is 19.8. The van der Waals surface area contributed by atoms with Gasteiger partial charge < -0.3 is 15.4 Å². The highest BCUT2D eigenvalue weighted by Crippen LogP contribution is 2.16. The number of guanidine groups is 1. The van der Waals surface area contributed by atoms with Crippen LogP contribution in [0.15, 0.2) is 53.5 Å². The summed E-state index contributed by atoms with van der Waals surface area (Å²) in [5.41, 5.74) is 2.81. The van der Waals surface area contributed by atoms with E-state index in [0.29, 0.717) is 24.6 Å². The quantitative estimate of drug-likeness (QED) is 0.430. The zero-order valence-electron chi connectivity index (χ0n) is 13.7. The normalized spacial score (nSPS) is 10.3. The van der Waals surface area contributed by atoms with Crippen LogP contribution >= 0.6 is 24.0 Å². The van der Waals surface area contributed by atoms with Crippen LogP contribution in [0.5, 0.6) is 5.75 Å². The van der Waals surface area contributed by atoms with E-state index in [1.807, 2.05) is 48.5 Å². The predicted molar refractivity (Wildman–Crippen MR) is 107 cm³/mol. The van der Waals surface area contributed by atoms with E-state index in [-0.39, 0.29) is 24.0 Å². The van der Waals surface area contributed by atoms with Crippen LogP contribution in [-0.2, 0) is 13.1 Å². The second-order valence-corrected chi connectivity index (χ2v) is 4.90. The van der Waals surface area contributed by atoms with Crippen LogP contribution in [0.2, 0.25) is 0 Å². The summed E-state index contributed by atoms with van der Waals surface area (Å²) >= 11 is 0. The van der Waals surface area contributed by atoms with Crippen LogP contribution in [0.25, 0.3) is 0 Å². The minimum absolute atomic E-state index is 0. The maximum absolute atomic E-state index is 8.80. The maximum Gasteiger partial charge on any atom is 0.191 e. The molecule has 5 nitrogen and oxygen atoms in total. The van der Waals surface area contributed by atoms with E-state index >= 15 is 0 Å². The second-order valence-electron chi connectivity index (χ2n) is 4.90. The fraction of sp³-hybridized carbons (Fsp3) is 0.222. The second kappa shape index (κ2) is 10.5. The number of aliphatic imine (C=N–C) groups is 1. The summed E-state index contributed by atoms with van der Waals surface area (Å²) in [6.07, 6.45) is 0. The van der Waals surface area contributed by atoms with Gasteiger partial charge in [-0.2, -0.15) is 5.26 Å². The lowest BCUT2D eigenvalue weighted by molar-refractivity contribution is 0.409. The molecule has 0 atom stereocenters. The molecule has 2 aromatic rings. The van der Waals surface area contributed by atoms with Gasteiger partial charge in [0.15, 0.2) is 5.96 Å². The van der Waals surface area contributed by atoms with E-state index in [4.69, 9.17) is 10.00 Å². The van der Waals surface area contributed by atoms with Crippen LogP contribution in [0, 0.1) is 11.3 Å². The molecule has 0 saturated heterocycles. The molecule has 0 saturated carbocycles. The van der Waals surface area contributed by atoms with E-state index in [1.54, 1.807) is 14.2 Å². The molecule has 6 heteroatoms. The highest BCUT2D eigenvalue weighted by Gasteiger charge is 2.03. The summed E-state index contributed by atoms with van der Waals surface area (Å²) in [5, 5.41) is 15.3. The largest absolute Gasteiger partial charge is 0.496 e. The number of halogens is 1. The number of rotatable bonds is 5. The first-order chi connectivity index (χ1) is 11.3. The summed E-state index contributed by atoms with van der Waals surface area (Å²) in [4.78, 5) is 4.21. The summed E-state index contributed by atoms with van der Waals surface area (Å²) in [6.45, 7) is 1.26. The van der Waals surface area contributed by atoms with Gasteiger partial charge in [-0.05, 0) is 23.8 Å². The summed E-state index contributed by atoms with van der Waals surface area (Å²) in [5.74, 6) is 1.56. The Balaban J connectivity index is 0.00000288. The molecule has 0 amide bonds. The Morgan fingerprint density at radius 3 is 2.38 bits per heavy atom. The minimum atomic E-state index is 0. The molecule has 0 radical (unpaired) electrons. The first-order valence-corrected chi connectivity index (χ1v) is 7.32. The van der Waals surface area contributed by atoms with Crippen LogP contribution < -0.4 is 15.4 Å². The third-order valence-corrected chi connectivity index (χ3v) is 3.41. The molecule has 0 bridgehead atoms. The lowest BCUT2D eigenvalue weighted by Crippen LogP contribution is -2.36. The van der Waals surface area contributed by atoms with Crippen molar-refractivity contribution in [2.45, 2.75) is 13.1 Å². The van der Waals surface area contributed by atoms with Crippen molar-refractivity contribution in [3.63, 3.8) is 0 Å². The molecule has 0 unspecified atom stereocenters. The van der Waals surface area contributed by atoms with Gasteiger partial charge in [-0.25, -0.2) is 0 Å². The SMILES string of the molecule is CN=C(NCc1ccc(C#N)cc1)NCc1ccccc1OC.I. The Morgan fingerprint density at radius 2 is 1.75 bits per heavy atom. The average molecular weight is 436 g/mol. The van der Waals surface area contributed by atoms with Crippen molar-refractivity contribution in [1.29, 1.82) is 5.26 Å². The van der Waals surface area contributed by atoms with E-state index in [0.717, 1.165) is 16.9 Å². The molecular formula is C18H21IN4O. The predicted octanol–water partition coefficient (Wildman–Crippen LogP) is 3.05. The van der Waals surface area contributed by atoms with Gasteiger partial charge in [0.2, 0.25) is 0 Å². The van der Waals surface area contributed by atoms with Gasteiger partial charge in [0.05, 0.1) is 18.7 Å². The van der Waals surface area contributed by atoms with Gasteiger partial charge in [-0.15, -0.1) is 24.0 Å². The van der Waals surface area contributed by atoms with Gasteiger partial charge in [-0.3, -0.25) is 4.99 Å². The number of benzene rings is 2. The molecule has 2 rings (SSSR count). The minimum Gasteiger partial charge on any atom is -0.496 e. The Labute approximate surface area is 159 Å². The van der Waals surface area contributed by atoms with E-state index < -0.39 is 0 Å². The molecule has 2 aromatic carbocycles. The highest BCUT2D eigenvalue weighted by atomic mass is 127. The Kier molecular flexibility index (Phi) is 8.65. The number of para-hydroxylation sites is 1. The van der Waals surface area contributed by atoms with Gasteiger partial charge in [0.25, 0.3) is 0 Å². The van der Waals surface area contributed by atoms with Crippen LogP contribution in [0.1, 0.15) is 16.7 Å². The van der Waals surface area contributed by atoms with Gasteiger partial charge >= 0.3 is 0 Å². The van der Waals surface area contributed by atoms with Crippen molar-refractivity contribution in [3.8, 4) is 11.8 Å². The van der Waals surface area contributed by atoms with E-state index in [9.17, 15) is 0 Å². The lowest BCUT2D eigenvalue weighted by Gasteiger charge is -2.13. The maximum atomic E-state index is 8.80. The third kappa shape index (κ3) is 5.74. The number of hydrogen-bond acceptors (Lipinski definition) is 3. The topological polar surface area (TPSA) is 69.4 Å². The van der Waals surface area contributed by atoms with Gasteiger partial charge in [0, 0.05) is 25.7 Å². The molecule has 0 aliphatic rings. The first-order valence-electron chi connectivity index (χ1n) is 7.32. The number of hydrogen-bond donors (Lipinski definition) is 2. The van der Waals surface area contributed by atoms with Crippen molar-refractivity contribution in [2.24, 2.45) is 4.99 Å². The molecule has 0 spiro atoms. The molecule has 126 valence electrons. The third-order valence-electron chi connectivity index (χ3n) is 3.41. The zero-order chi connectivity index (χ0) is 16.5. The summed E-state index contributed by atoms with van der Waals surface area (Å²) < 4.78 is 5.34. The molecule has 0 aliphatic heterocycles. The fourth-order valence-electron chi connectivity index (χ4n) is 2.13. The molecule has 0 fully saturated rings. The Bertz CT molecular complexity index is 708. The number of ether oxygens (including phenoxy) is 1. The Morgan fingerprint density at radius 1 is 1.08 bits per heavy atom. The van der Waals surface area contributed by atoms with Crippen molar-refractivity contribution in [2.75, 3.05) is 14.2 Å². The van der Waals surface area contributed by atoms with Crippen molar-refractivity contribution in [1.82, 2.24) is 10.6 Å². The smallest absolute Gasteiger partial charge is 0.191 e. The van der Waals surface area contributed by atoms with Gasteiger partial charge in [0.1, 0.15) is 5.75 Å². The van der Waals surface area contributed by atoms with E-state index in [1.165, 1.54) is 0 Å². The fourth-order valence-corrected chi connectivity index (χ4v) is 2.13.